The number of likely N-dealkylation sites (tertiary alicyclic amines) is 2. The van der Waals surface area contributed by atoms with Gasteiger partial charge in [-0.2, -0.15) is 5.10 Å². The molecule has 0 unspecified atom stereocenters. The number of hydrogen-bond donors (Lipinski definition) is 0. The number of nitrogens with zero attached hydrogens (tertiary/aromatic N) is 4. The minimum Gasteiger partial charge on any atom is -0.338 e. The van der Waals surface area contributed by atoms with Crippen molar-refractivity contribution in [3.63, 3.8) is 0 Å². The standard InChI is InChI=1S/C17H24N4O2/c1-19-12-14(10-18-19)16(23)20-8-6-17(7-9-20)5-4-15(22)21(17)11-13-2-3-13/h10,12-13H,2-9,11H2,1H3. The molecule has 0 atom stereocenters. The highest BCUT2D eigenvalue weighted by molar-refractivity contribution is 5.93. The molecular weight excluding hydrogens is 292 g/mol. The van der Waals surface area contributed by atoms with E-state index in [9.17, 15) is 9.59 Å². The largest absolute Gasteiger partial charge is 0.338 e. The molecule has 1 saturated carbocycles. The van der Waals surface area contributed by atoms with Crippen LogP contribution in [0.5, 0.6) is 0 Å². The van der Waals surface area contributed by atoms with Crippen LogP contribution in [0.3, 0.4) is 0 Å². The van der Waals surface area contributed by atoms with Gasteiger partial charge in [-0.3, -0.25) is 14.3 Å². The maximum atomic E-state index is 12.5. The molecule has 124 valence electrons. The highest BCUT2D eigenvalue weighted by atomic mass is 16.2. The van der Waals surface area contributed by atoms with E-state index in [1.807, 2.05) is 11.9 Å². The van der Waals surface area contributed by atoms with Gasteiger partial charge in [0.25, 0.3) is 5.91 Å². The van der Waals surface area contributed by atoms with E-state index in [1.54, 1.807) is 17.1 Å². The molecule has 2 aliphatic heterocycles. The van der Waals surface area contributed by atoms with E-state index in [0.29, 0.717) is 17.9 Å². The highest BCUT2D eigenvalue weighted by Gasteiger charge is 2.48. The number of rotatable bonds is 3. The van der Waals surface area contributed by atoms with Crippen molar-refractivity contribution in [2.75, 3.05) is 19.6 Å². The number of aryl methyl sites for hydroxylation is 1. The highest BCUT2D eigenvalue weighted by Crippen LogP contribution is 2.42. The second-order valence-corrected chi connectivity index (χ2v) is 7.37. The maximum Gasteiger partial charge on any atom is 0.257 e. The summed E-state index contributed by atoms with van der Waals surface area (Å²) in [5, 5.41) is 4.08. The van der Waals surface area contributed by atoms with Gasteiger partial charge in [-0.15, -0.1) is 0 Å². The SMILES string of the molecule is Cn1cc(C(=O)N2CCC3(CCC(=O)N3CC3CC3)CC2)cn1. The lowest BCUT2D eigenvalue weighted by Gasteiger charge is -2.45. The van der Waals surface area contributed by atoms with E-state index in [-0.39, 0.29) is 11.4 Å². The van der Waals surface area contributed by atoms with E-state index in [1.165, 1.54) is 12.8 Å². The fourth-order valence-electron chi connectivity index (χ4n) is 4.09. The first kappa shape index (κ1) is 14.7. The van der Waals surface area contributed by atoms with Crippen LogP contribution < -0.4 is 0 Å². The first-order valence-corrected chi connectivity index (χ1v) is 8.66. The molecule has 6 nitrogen and oxygen atoms in total. The van der Waals surface area contributed by atoms with Crippen LogP contribution in [0, 0.1) is 5.92 Å². The Morgan fingerprint density at radius 3 is 2.65 bits per heavy atom. The first-order chi connectivity index (χ1) is 11.1. The van der Waals surface area contributed by atoms with Crippen molar-refractivity contribution < 1.29 is 9.59 Å². The van der Waals surface area contributed by atoms with Crippen molar-refractivity contribution in [2.24, 2.45) is 13.0 Å². The van der Waals surface area contributed by atoms with E-state index in [2.05, 4.69) is 10.00 Å². The van der Waals surface area contributed by atoms with Gasteiger partial charge in [0, 0.05) is 44.8 Å². The number of aromatic nitrogens is 2. The van der Waals surface area contributed by atoms with Gasteiger partial charge in [-0.1, -0.05) is 0 Å². The minimum absolute atomic E-state index is 0.0192. The second-order valence-electron chi connectivity index (χ2n) is 7.37. The molecule has 1 aliphatic carbocycles. The maximum absolute atomic E-state index is 12.5. The van der Waals surface area contributed by atoms with Crippen molar-refractivity contribution in [3.8, 4) is 0 Å². The normalized spacial score (nSPS) is 23.8. The number of hydrogen-bond acceptors (Lipinski definition) is 3. The average Bonchev–Trinajstić information content (AvgIpc) is 3.21. The lowest BCUT2D eigenvalue weighted by molar-refractivity contribution is -0.132. The van der Waals surface area contributed by atoms with Crippen LogP contribution in [0.15, 0.2) is 12.4 Å². The average molecular weight is 316 g/mol. The van der Waals surface area contributed by atoms with Gasteiger partial charge in [0.2, 0.25) is 5.91 Å². The Morgan fingerprint density at radius 1 is 1.30 bits per heavy atom. The number of carbonyl (C=O) groups excluding carboxylic acids is 2. The Bertz CT molecular complexity index is 626. The van der Waals surface area contributed by atoms with Gasteiger partial charge < -0.3 is 9.80 Å². The summed E-state index contributed by atoms with van der Waals surface area (Å²) in [6.07, 6.45) is 9.42. The lowest BCUT2D eigenvalue weighted by atomic mass is 9.84. The van der Waals surface area contributed by atoms with Crippen molar-refractivity contribution in [1.29, 1.82) is 0 Å². The number of carbonyl (C=O) groups is 2. The molecule has 3 fully saturated rings. The molecule has 0 radical (unpaired) electrons. The molecule has 4 rings (SSSR count). The third-order valence-corrected chi connectivity index (χ3v) is 5.75. The molecule has 0 aromatic carbocycles. The molecule has 1 spiro atoms. The zero-order chi connectivity index (χ0) is 16.0. The van der Waals surface area contributed by atoms with Crippen molar-refractivity contribution in [1.82, 2.24) is 19.6 Å². The summed E-state index contributed by atoms with van der Waals surface area (Å²) < 4.78 is 1.66. The van der Waals surface area contributed by atoms with Gasteiger partial charge >= 0.3 is 0 Å². The van der Waals surface area contributed by atoms with Crippen molar-refractivity contribution >= 4 is 11.8 Å². The van der Waals surface area contributed by atoms with E-state index >= 15 is 0 Å². The molecule has 1 aromatic rings. The van der Waals surface area contributed by atoms with Crippen LogP contribution in [0.4, 0.5) is 0 Å². The van der Waals surface area contributed by atoms with Crippen LogP contribution in [-0.2, 0) is 11.8 Å². The van der Waals surface area contributed by atoms with E-state index in [0.717, 1.165) is 44.8 Å². The molecule has 0 bridgehead atoms. The number of piperidine rings is 1. The Labute approximate surface area is 136 Å². The van der Waals surface area contributed by atoms with Crippen molar-refractivity contribution in [2.45, 2.75) is 44.1 Å². The summed E-state index contributed by atoms with van der Waals surface area (Å²) in [4.78, 5) is 28.9. The summed E-state index contributed by atoms with van der Waals surface area (Å²) in [6.45, 7) is 2.42. The predicted octanol–water partition coefficient (Wildman–Crippen LogP) is 1.43. The van der Waals surface area contributed by atoms with Crippen LogP contribution in [-0.4, -0.2) is 56.6 Å². The molecule has 23 heavy (non-hydrogen) atoms. The Hall–Kier alpha value is -1.85. The van der Waals surface area contributed by atoms with Crippen LogP contribution in [0.2, 0.25) is 0 Å². The second kappa shape index (κ2) is 5.35. The van der Waals surface area contributed by atoms with Gasteiger partial charge in [-0.25, -0.2) is 0 Å². The monoisotopic (exact) mass is 316 g/mol. The lowest BCUT2D eigenvalue weighted by Crippen LogP contribution is -2.54. The summed E-state index contributed by atoms with van der Waals surface area (Å²) >= 11 is 0. The quantitative estimate of drug-likeness (QED) is 0.847. The fraction of sp³-hybridized carbons (Fsp3) is 0.706. The Morgan fingerprint density at radius 2 is 2.04 bits per heavy atom. The fourth-order valence-corrected chi connectivity index (χ4v) is 4.09. The predicted molar refractivity (Wildman–Crippen MR) is 84.7 cm³/mol. The molecule has 2 saturated heterocycles. The number of amides is 2. The van der Waals surface area contributed by atoms with Crippen molar-refractivity contribution in [3.05, 3.63) is 18.0 Å². The van der Waals surface area contributed by atoms with Crippen LogP contribution in [0.25, 0.3) is 0 Å². The molecule has 6 heteroatoms. The van der Waals surface area contributed by atoms with Crippen LogP contribution in [0.1, 0.15) is 48.9 Å². The molecule has 0 N–H and O–H groups in total. The van der Waals surface area contributed by atoms with Gasteiger partial charge in [-0.05, 0) is 38.0 Å². The zero-order valence-corrected chi connectivity index (χ0v) is 13.7. The molecular formula is C17H24N4O2. The van der Waals surface area contributed by atoms with Gasteiger partial charge in [0.05, 0.1) is 11.8 Å². The molecule has 3 heterocycles. The summed E-state index contributed by atoms with van der Waals surface area (Å²) in [5.41, 5.74) is 0.673. The summed E-state index contributed by atoms with van der Waals surface area (Å²) in [6, 6.07) is 0. The minimum atomic E-state index is 0.0192. The summed E-state index contributed by atoms with van der Waals surface area (Å²) in [7, 11) is 1.82. The van der Waals surface area contributed by atoms with Crippen LogP contribution >= 0.6 is 0 Å². The molecule has 1 aromatic heterocycles. The first-order valence-electron chi connectivity index (χ1n) is 8.66. The van der Waals surface area contributed by atoms with E-state index < -0.39 is 0 Å². The molecule has 2 amide bonds. The molecule has 3 aliphatic rings. The summed E-state index contributed by atoms with van der Waals surface area (Å²) in [5.74, 6) is 1.11. The zero-order valence-electron chi connectivity index (χ0n) is 13.7. The Balaban J connectivity index is 1.43. The van der Waals surface area contributed by atoms with E-state index in [4.69, 9.17) is 0 Å². The Kier molecular flexibility index (Phi) is 3.43. The smallest absolute Gasteiger partial charge is 0.257 e. The third kappa shape index (κ3) is 2.64. The van der Waals surface area contributed by atoms with Gasteiger partial charge in [0.15, 0.2) is 0 Å². The third-order valence-electron chi connectivity index (χ3n) is 5.75. The topological polar surface area (TPSA) is 58.4 Å². The van der Waals surface area contributed by atoms with Gasteiger partial charge in [0.1, 0.15) is 0 Å².